The number of carboxylic acid groups (broad SMARTS) is 1. The Morgan fingerprint density at radius 2 is 1.65 bits per heavy atom. The minimum atomic E-state index is -1.10. The van der Waals surface area contributed by atoms with Gasteiger partial charge in [-0.05, 0) is 190 Å². The van der Waals surface area contributed by atoms with Gasteiger partial charge in [0.2, 0.25) is 17.6 Å². The third-order valence-electron chi connectivity index (χ3n) is 21.1. The molecule has 0 radical (unpaired) electrons. The quantitative estimate of drug-likeness (QED) is 0.0307. The third-order valence-corrected chi connectivity index (χ3v) is 23.0. The first-order valence-corrected chi connectivity index (χ1v) is 35.4. The number of carbonyl (C=O) groups is 4. The molecule has 4 bridgehead atoms. The molecule has 14 rings (SSSR count). The Labute approximate surface area is 553 Å². The monoisotopic (exact) mass is 1300 g/mol. The number of aromatic nitrogens is 7. The van der Waals surface area contributed by atoms with Crippen LogP contribution in [-0.2, 0) is 27.3 Å². The molecular formula is C71H89N13O7S2. The predicted octanol–water partition coefficient (Wildman–Crippen LogP) is 12.4. The summed E-state index contributed by atoms with van der Waals surface area (Å²) in [4.78, 5) is 75.2. The molecule has 5 atom stereocenters. The number of amides is 2. The fourth-order valence-electron chi connectivity index (χ4n) is 17.6. The van der Waals surface area contributed by atoms with Crippen molar-refractivity contribution in [2.45, 2.75) is 174 Å². The molecule has 2 aliphatic heterocycles. The molecule has 4 N–H and O–H groups in total. The smallest absolute Gasteiger partial charge is 0.355 e. The number of aromatic carboxylic acids is 1. The van der Waals surface area contributed by atoms with Crippen molar-refractivity contribution in [3.05, 3.63) is 111 Å². The van der Waals surface area contributed by atoms with Gasteiger partial charge in [0, 0.05) is 65.1 Å². The molecule has 492 valence electrons. The SMILES string of the molecule is CN[C@@H](C)C(=O)N[C@H](C(=O)N1CCC[C@H]1c1nc(C(=O)c2cccc(OCCCCN(C)CCOC34CC5(C)CC(C)(CC(Cn6ncc(-c7ccc(N8CCCc9c8nnc(Nc8nc%10ccccc%10s8)c9C)nc7C(=O)O)c6C)(C5)C3)C4)c2)cs1)C1CCCCC1. The topological polar surface area (TPSA) is 235 Å². The van der Waals surface area contributed by atoms with Crippen molar-refractivity contribution in [1.82, 2.24) is 55.4 Å². The van der Waals surface area contributed by atoms with E-state index >= 15 is 0 Å². The van der Waals surface area contributed by atoms with Gasteiger partial charge in [0.1, 0.15) is 28.3 Å². The zero-order valence-electron chi connectivity index (χ0n) is 54.9. The number of likely N-dealkylation sites (N-methyl/N-ethyl adjacent to an activating group) is 2. The molecule has 5 saturated carbocycles. The summed E-state index contributed by atoms with van der Waals surface area (Å²) in [5, 5.41) is 37.9. The zero-order valence-corrected chi connectivity index (χ0v) is 56.5. The highest BCUT2D eigenvalue weighted by Crippen LogP contribution is 2.72. The predicted molar refractivity (Wildman–Crippen MR) is 362 cm³/mol. The maximum Gasteiger partial charge on any atom is 0.355 e. The van der Waals surface area contributed by atoms with Crippen LogP contribution in [0.5, 0.6) is 5.75 Å². The van der Waals surface area contributed by atoms with E-state index in [0.717, 1.165) is 165 Å². The third kappa shape index (κ3) is 13.4. The average Bonchev–Trinajstić information content (AvgIpc) is 1.50. The molecule has 7 aliphatic rings. The number of likely N-dealkylation sites (tertiary alicyclic amines) is 1. The lowest BCUT2D eigenvalue weighted by Crippen LogP contribution is -2.64. The van der Waals surface area contributed by atoms with E-state index in [1.165, 1.54) is 17.8 Å². The van der Waals surface area contributed by atoms with Gasteiger partial charge in [-0.15, -0.1) is 21.5 Å². The van der Waals surface area contributed by atoms with Gasteiger partial charge in [0.05, 0.1) is 47.3 Å². The maximum absolute atomic E-state index is 14.3. The first-order valence-electron chi connectivity index (χ1n) is 33.7. The number of anilines is 4. The van der Waals surface area contributed by atoms with Gasteiger partial charge in [0.25, 0.3) is 0 Å². The van der Waals surface area contributed by atoms with Crippen molar-refractivity contribution in [3.63, 3.8) is 0 Å². The average molecular weight is 1300 g/mol. The van der Waals surface area contributed by atoms with Crippen molar-refractivity contribution in [2.24, 2.45) is 22.2 Å². The molecule has 1 saturated heterocycles. The minimum absolute atomic E-state index is 0.0202. The van der Waals surface area contributed by atoms with Gasteiger partial charge in [-0.3, -0.25) is 19.1 Å². The van der Waals surface area contributed by atoms with E-state index in [0.29, 0.717) is 66.3 Å². The summed E-state index contributed by atoms with van der Waals surface area (Å²) in [5.41, 5.74) is 6.07. The first kappa shape index (κ1) is 64.5. The molecule has 2 aromatic carbocycles. The number of ketones is 1. The fourth-order valence-corrected chi connectivity index (χ4v) is 19.4. The Hall–Kier alpha value is -7.24. The number of para-hydroxylation sites is 1. The summed E-state index contributed by atoms with van der Waals surface area (Å²) in [7, 11) is 3.91. The molecular weight excluding hydrogens is 1210 g/mol. The highest BCUT2D eigenvalue weighted by Gasteiger charge is 2.66. The summed E-state index contributed by atoms with van der Waals surface area (Å²) in [5.74, 6) is 1.10. The lowest BCUT2D eigenvalue weighted by atomic mass is 9.39. The maximum atomic E-state index is 14.3. The number of hydrogen-bond donors (Lipinski definition) is 4. The number of pyridine rings is 1. The molecule has 93 heavy (non-hydrogen) atoms. The second kappa shape index (κ2) is 26.5. The lowest BCUT2D eigenvalue weighted by molar-refractivity contribution is -0.248. The number of hydrogen-bond acceptors (Lipinski definition) is 18. The highest BCUT2D eigenvalue weighted by atomic mass is 32.1. The van der Waals surface area contributed by atoms with Crippen LogP contribution >= 0.6 is 22.7 Å². The van der Waals surface area contributed by atoms with E-state index in [9.17, 15) is 24.3 Å². The molecule has 20 nitrogen and oxygen atoms in total. The number of thiazole rings is 2. The van der Waals surface area contributed by atoms with Crippen LogP contribution < -0.4 is 25.6 Å². The van der Waals surface area contributed by atoms with Crippen molar-refractivity contribution in [3.8, 4) is 16.9 Å². The van der Waals surface area contributed by atoms with Crippen LogP contribution in [0.3, 0.4) is 0 Å². The lowest BCUT2D eigenvalue weighted by Gasteiger charge is -2.69. The molecule has 5 aromatic heterocycles. The van der Waals surface area contributed by atoms with Crippen LogP contribution in [0.2, 0.25) is 0 Å². The minimum Gasteiger partial charge on any atom is -0.494 e. The molecule has 22 heteroatoms. The van der Waals surface area contributed by atoms with Crippen LogP contribution in [0.1, 0.15) is 178 Å². The van der Waals surface area contributed by atoms with Gasteiger partial charge in [0.15, 0.2) is 22.5 Å². The molecule has 2 unspecified atom stereocenters. The van der Waals surface area contributed by atoms with E-state index in [4.69, 9.17) is 34.6 Å². The summed E-state index contributed by atoms with van der Waals surface area (Å²) >= 11 is 2.99. The van der Waals surface area contributed by atoms with E-state index in [-0.39, 0.29) is 57.1 Å². The molecule has 2 amide bonds. The largest absolute Gasteiger partial charge is 0.494 e. The Morgan fingerprint density at radius 1 is 0.839 bits per heavy atom. The van der Waals surface area contributed by atoms with Crippen LogP contribution in [-0.4, -0.2) is 145 Å². The summed E-state index contributed by atoms with van der Waals surface area (Å²) in [6.45, 7) is 15.7. The summed E-state index contributed by atoms with van der Waals surface area (Å²) < 4.78 is 16.6. The van der Waals surface area contributed by atoms with Gasteiger partial charge in [-0.2, -0.15) is 5.10 Å². The number of carbonyl (C=O) groups excluding carboxylic acids is 3. The summed E-state index contributed by atoms with van der Waals surface area (Å²) in [6.07, 6.45) is 18.4. The Bertz CT molecular complexity index is 3880. The normalized spacial score (nSPS) is 24.2. The van der Waals surface area contributed by atoms with Crippen molar-refractivity contribution in [2.75, 3.05) is 63.7 Å². The number of rotatable bonds is 25. The van der Waals surface area contributed by atoms with E-state index in [1.54, 1.807) is 42.8 Å². The second-order valence-electron chi connectivity index (χ2n) is 28.6. The van der Waals surface area contributed by atoms with E-state index < -0.39 is 18.1 Å². The number of nitrogens with one attached hydrogen (secondary N) is 3. The van der Waals surface area contributed by atoms with Gasteiger partial charge >= 0.3 is 5.97 Å². The van der Waals surface area contributed by atoms with E-state index in [2.05, 4.69) is 64.5 Å². The molecule has 6 fully saturated rings. The number of unbranched alkanes of at least 4 members (excludes halogenated alkanes) is 1. The standard InChI is InChI=1S/C71H89N13O7S2/c1-44-50-22-16-30-83(62(50)80-79-61(44)78-67-75-53-23-11-12-25-56(53)93-67)57-27-26-51(59(76-57)66(88)89)52-35-73-84(46(52)3)43-70-38-68(4)37-69(5,39-70)41-71(40-68,42-70)91-33-31-81(7)28-13-14-32-90-49-21-15-20-48(34-49)60(85)54-36-92-64(74-54)55-24-17-29-82(55)65(87)58(47-18-9-8-10-19-47)77-63(86)45(2)72-6/h11-12,15,20-21,23,25-27,34-36,45,47,55,58,72H,8-10,13-14,16-19,22,24,28-33,37-43H2,1-7H3,(H,77,86)(H,88,89)(H,75,78,79)/t45-,55-,58-,68?,69?,70?,71?/m0/s1. The molecule has 7 heterocycles. The van der Waals surface area contributed by atoms with Crippen molar-refractivity contribution < 1.29 is 33.8 Å². The molecule has 5 aliphatic carbocycles. The number of nitrogens with zero attached hydrogens (tertiary/aromatic N) is 10. The Balaban J connectivity index is 0.593. The van der Waals surface area contributed by atoms with Gasteiger partial charge < -0.3 is 45.2 Å². The van der Waals surface area contributed by atoms with E-state index in [1.807, 2.05) is 65.4 Å². The van der Waals surface area contributed by atoms with Crippen molar-refractivity contribution >= 4 is 79.0 Å². The van der Waals surface area contributed by atoms with Gasteiger partial charge in [-0.25, -0.2) is 19.7 Å². The van der Waals surface area contributed by atoms with Crippen LogP contribution in [0, 0.1) is 36.0 Å². The van der Waals surface area contributed by atoms with Gasteiger partial charge in [-0.1, -0.05) is 68.7 Å². The Kier molecular flexibility index (Phi) is 18.4. The molecule has 0 spiro atoms. The fraction of sp³-hybridized carbons (Fsp3) is 0.549. The number of ether oxygens (including phenoxy) is 2. The zero-order chi connectivity index (χ0) is 64.8. The van der Waals surface area contributed by atoms with Crippen LogP contribution in [0.25, 0.3) is 21.3 Å². The first-order chi connectivity index (χ1) is 44.8. The number of benzene rings is 2. The number of carboxylic acids is 1. The number of fused-ring (bicyclic) bond motifs is 2. The Morgan fingerprint density at radius 3 is 2.43 bits per heavy atom. The summed E-state index contributed by atoms with van der Waals surface area (Å²) in [6, 6.07) is 17.9. The highest BCUT2D eigenvalue weighted by molar-refractivity contribution is 7.22. The van der Waals surface area contributed by atoms with Crippen molar-refractivity contribution in [1.29, 1.82) is 0 Å². The molecule has 7 aromatic rings. The van der Waals surface area contributed by atoms with Crippen LogP contribution in [0.15, 0.2) is 72.2 Å². The second-order valence-corrected chi connectivity index (χ2v) is 30.5. The van der Waals surface area contributed by atoms with Crippen LogP contribution in [0.4, 0.5) is 22.6 Å².